The van der Waals surface area contributed by atoms with E-state index in [0.717, 1.165) is 10.0 Å². The molecule has 0 unspecified atom stereocenters. The predicted octanol–water partition coefficient (Wildman–Crippen LogP) is 1.18. The summed E-state index contributed by atoms with van der Waals surface area (Å²) in [6.07, 6.45) is 1.58. The van der Waals surface area contributed by atoms with Gasteiger partial charge in [0, 0.05) is 24.1 Å². The topological polar surface area (TPSA) is 106 Å². The van der Waals surface area contributed by atoms with Crippen LogP contribution in [0.2, 0.25) is 0 Å². The van der Waals surface area contributed by atoms with Gasteiger partial charge in [0.2, 0.25) is 5.95 Å². The molecule has 130 valence electrons. The predicted molar refractivity (Wildman–Crippen MR) is 98.5 cm³/mol. The molecule has 0 saturated heterocycles. The lowest BCUT2D eigenvalue weighted by Crippen LogP contribution is -2.29. The number of aryl methyl sites for hydroxylation is 2. The molecule has 0 bridgehead atoms. The maximum Gasteiger partial charge on any atom is 0.329 e. The van der Waals surface area contributed by atoms with E-state index in [0.29, 0.717) is 11.7 Å². The summed E-state index contributed by atoms with van der Waals surface area (Å²) in [7, 11) is 4.77. The molecule has 3 aromatic rings. The second-order valence-electron chi connectivity index (χ2n) is 5.24. The van der Waals surface area contributed by atoms with Crippen molar-refractivity contribution in [2.45, 2.75) is 0 Å². The van der Waals surface area contributed by atoms with Crippen molar-refractivity contribution in [2.24, 2.45) is 19.2 Å². The standard InChI is InChI=1S/C15H15BrN6O3/c1-21-11-12(22(2)15(24)19-13(11)23)18-14(21)20-17-7-8-6-9(16)4-5-10(8)25-3/h4-7H,1-3H3,(H,18,20)(H,19,23,24)/b17-7-. The Morgan fingerprint density at radius 3 is 2.80 bits per heavy atom. The molecule has 0 amide bonds. The van der Waals surface area contributed by atoms with Gasteiger partial charge in [-0.05, 0) is 18.2 Å². The number of aromatic amines is 1. The summed E-state index contributed by atoms with van der Waals surface area (Å²) in [6, 6.07) is 5.53. The smallest absolute Gasteiger partial charge is 0.329 e. The molecule has 0 spiro atoms. The molecular weight excluding hydrogens is 392 g/mol. The van der Waals surface area contributed by atoms with E-state index in [1.165, 1.54) is 16.2 Å². The van der Waals surface area contributed by atoms with E-state index < -0.39 is 11.2 Å². The molecule has 2 aromatic heterocycles. The Bertz CT molecular complexity index is 1100. The largest absolute Gasteiger partial charge is 0.496 e. The highest BCUT2D eigenvalue weighted by atomic mass is 79.9. The minimum absolute atomic E-state index is 0.272. The Balaban J connectivity index is 1.97. The second-order valence-corrected chi connectivity index (χ2v) is 6.16. The number of imidazole rings is 1. The Kier molecular flexibility index (Phi) is 4.45. The zero-order chi connectivity index (χ0) is 18.1. The van der Waals surface area contributed by atoms with Crippen LogP contribution >= 0.6 is 15.9 Å². The van der Waals surface area contributed by atoms with E-state index in [9.17, 15) is 9.59 Å². The number of nitrogens with one attached hydrogen (secondary N) is 2. The van der Waals surface area contributed by atoms with Gasteiger partial charge in [0.15, 0.2) is 11.2 Å². The van der Waals surface area contributed by atoms with E-state index in [1.54, 1.807) is 20.4 Å². The van der Waals surface area contributed by atoms with Crippen molar-refractivity contribution in [3.63, 3.8) is 0 Å². The van der Waals surface area contributed by atoms with Crippen molar-refractivity contribution in [1.82, 2.24) is 19.1 Å². The third-order valence-electron chi connectivity index (χ3n) is 3.69. The third-order valence-corrected chi connectivity index (χ3v) is 4.19. The van der Waals surface area contributed by atoms with Crippen LogP contribution in [-0.4, -0.2) is 32.4 Å². The van der Waals surface area contributed by atoms with Crippen molar-refractivity contribution in [2.75, 3.05) is 12.5 Å². The van der Waals surface area contributed by atoms with Gasteiger partial charge < -0.3 is 9.30 Å². The molecule has 2 N–H and O–H groups in total. The Morgan fingerprint density at radius 1 is 1.32 bits per heavy atom. The molecule has 0 atom stereocenters. The number of nitrogens with zero attached hydrogens (tertiary/aromatic N) is 4. The number of hydrogen-bond donors (Lipinski definition) is 2. The zero-order valence-corrected chi connectivity index (χ0v) is 15.3. The van der Waals surface area contributed by atoms with Gasteiger partial charge in [0.25, 0.3) is 5.56 Å². The van der Waals surface area contributed by atoms with E-state index in [2.05, 4.69) is 36.4 Å². The average molecular weight is 407 g/mol. The number of methoxy groups -OCH3 is 1. The highest BCUT2D eigenvalue weighted by Crippen LogP contribution is 2.21. The number of anilines is 1. The van der Waals surface area contributed by atoms with Crippen LogP contribution in [0.3, 0.4) is 0 Å². The lowest BCUT2D eigenvalue weighted by atomic mass is 10.2. The first-order valence-electron chi connectivity index (χ1n) is 7.20. The van der Waals surface area contributed by atoms with Crippen LogP contribution in [0, 0.1) is 0 Å². The van der Waals surface area contributed by atoms with E-state index in [1.807, 2.05) is 18.2 Å². The molecular formula is C15H15BrN6O3. The lowest BCUT2D eigenvalue weighted by molar-refractivity contribution is 0.414. The first-order valence-corrected chi connectivity index (χ1v) is 8.00. The SMILES string of the molecule is COc1ccc(Br)cc1/C=N\Nc1nc2c(c(=O)[nH]c(=O)n2C)n1C. The van der Waals surface area contributed by atoms with Crippen LogP contribution in [0.1, 0.15) is 5.56 Å². The summed E-state index contributed by atoms with van der Waals surface area (Å²) >= 11 is 3.40. The fourth-order valence-electron chi connectivity index (χ4n) is 2.37. The Hall–Kier alpha value is -2.88. The maximum absolute atomic E-state index is 12.0. The van der Waals surface area contributed by atoms with Gasteiger partial charge in [-0.2, -0.15) is 10.1 Å². The number of hydrogen-bond acceptors (Lipinski definition) is 6. The molecule has 1 aromatic carbocycles. The van der Waals surface area contributed by atoms with Gasteiger partial charge in [0.1, 0.15) is 5.75 Å². The summed E-state index contributed by atoms with van der Waals surface area (Å²) < 4.78 is 8.96. The summed E-state index contributed by atoms with van der Waals surface area (Å²) in [5.41, 5.74) is 3.06. The molecule has 10 heteroatoms. The zero-order valence-electron chi connectivity index (χ0n) is 13.7. The molecule has 2 heterocycles. The number of ether oxygens (including phenoxy) is 1. The lowest BCUT2D eigenvalue weighted by Gasteiger charge is -2.05. The molecule has 0 aliphatic heterocycles. The van der Waals surface area contributed by atoms with E-state index in [-0.39, 0.29) is 11.2 Å². The Labute approximate surface area is 150 Å². The summed E-state index contributed by atoms with van der Waals surface area (Å²) in [6.45, 7) is 0. The van der Waals surface area contributed by atoms with Crippen LogP contribution in [0.5, 0.6) is 5.75 Å². The Morgan fingerprint density at radius 2 is 2.08 bits per heavy atom. The van der Waals surface area contributed by atoms with E-state index in [4.69, 9.17) is 4.74 Å². The maximum atomic E-state index is 12.0. The molecule has 25 heavy (non-hydrogen) atoms. The van der Waals surface area contributed by atoms with Gasteiger partial charge >= 0.3 is 5.69 Å². The van der Waals surface area contributed by atoms with Gasteiger partial charge in [-0.25, -0.2) is 10.2 Å². The van der Waals surface area contributed by atoms with Gasteiger partial charge in [-0.3, -0.25) is 14.3 Å². The summed E-state index contributed by atoms with van der Waals surface area (Å²) in [5, 5.41) is 4.14. The summed E-state index contributed by atoms with van der Waals surface area (Å²) in [4.78, 5) is 30.2. The fraction of sp³-hybridized carbons (Fsp3) is 0.200. The minimum Gasteiger partial charge on any atom is -0.496 e. The quantitative estimate of drug-likeness (QED) is 0.499. The van der Waals surface area contributed by atoms with Crippen molar-refractivity contribution < 1.29 is 4.74 Å². The van der Waals surface area contributed by atoms with Crippen molar-refractivity contribution in [3.05, 3.63) is 49.1 Å². The normalized spacial score (nSPS) is 11.4. The van der Waals surface area contributed by atoms with Crippen molar-refractivity contribution in [1.29, 1.82) is 0 Å². The van der Waals surface area contributed by atoms with Crippen LogP contribution in [-0.2, 0) is 14.1 Å². The molecule has 0 saturated carbocycles. The molecule has 0 radical (unpaired) electrons. The molecule has 0 fully saturated rings. The number of H-pyrrole nitrogens is 1. The first-order chi connectivity index (χ1) is 11.9. The van der Waals surface area contributed by atoms with Crippen LogP contribution in [0.4, 0.5) is 5.95 Å². The number of fused-ring (bicyclic) bond motifs is 1. The highest BCUT2D eigenvalue weighted by Gasteiger charge is 2.14. The highest BCUT2D eigenvalue weighted by molar-refractivity contribution is 9.10. The first kappa shape index (κ1) is 17.0. The molecule has 0 aliphatic carbocycles. The van der Waals surface area contributed by atoms with Crippen LogP contribution < -0.4 is 21.4 Å². The summed E-state index contributed by atoms with van der Waals surface area (Å²) in [5.74, 6) is 0.990. The third kappa shape index (κ3) is 3.07. The van der Waals surface area contributed by atoms with E-state index >= 15 is 0 Å². The van der Waals surface area contributed by atoms with Crippen LogP contribution in [0.15, 0.2) is 37.4 Å². The van der Waals surface area contributed by atoms with Gasteiger partial charge in [-0.1, -0.05) is 15.9 Å². The minimum atomic E-state index is -0.524. The van der Waals surface area contributed by atoms with Gasteiger partial charge in [0.05, 0.1) is 13.3 Å². The number of halogens is 1. The number of aromatic nitrogens is 4. The van der Waals surface area contributed by atoms with Gasteiger partial charge in [-0.15, -0.1) is 0 Å². The van der Waals surface area contributed by atoms with Crippen LogP contribution in [0.25, 0.3) is 11.2 Å². The second kappa shape index (κ2) is 6.55. The molecule has 9 nitrogen and oxygen atoms in total. The van der Waals surface area contributed by atoms with Crippen molar-refractivity contribution in [3.8, 4) is 5.75 Å². The number of hydrazone groups is 1. The average Bonchev–Trinajstić information content (AvgIpc) is 2.90. The molecule has 3 rings (SSSR count). The molecule has 0 aliphatic rings. The monoisotopic (exact) mass is 406 g/mol. The fourth-order valence-corrected chi connectivity index (χ4v) is 2.75. The van der Waals surface area contributed by atoms with Crippen molar-refractivity contribution >= 4 is 39.3 Å². The number of benzene rings is 1. The number of rotatable bonds is 4.